The van der Waals surface area contributed by atoms with E-state index in [0.29, 0.717) is 0 Å². The van der Waals surface area contributed by atoms with Gasteiger partial charge in [-0.3, -0.25) is 4.79 Å². The Hall–Kier alpha value is -0.880. The average molecular weight is 178 g/mol. The zero-order chi connectivity index (χ0) is 8.91. The molecule has 0 aromatic heterocycles. The molecule has 0 saturated heterocycles. The van der Waals surface area contributed by atoms with Gasteiger partial charge in [-0.15, -0.1) is 0 Å². The number of amides is 1. The molecule has 6 heteroatoms. The fraction of sp³-hybridized carbons (Fsp3) is 0.400. The SMILES string of the molecule is C=CC(=O)NCNS(C)(=O)=O. The molecule has 0 unspecified atom stereocenters. The van der Waals surface area contributed by atoms with Crippen LogP contribution in [0.1, 0.15) is 0 Å². The number of carbonyl (C=O) groups excluding carboxylic acids is 1. The molecule has 0 radical (unpaired) electrons. The first-order chi connectivity index (χ1) is 4.95. The first kappa shape index (κ1) is 10.1. The van der Waals surface area contributed by atoms with Gasteiger partial charge in [0.05, 0.1) is 12.9 Å². The highest BCUT2D eigenvalue weighted by Crippen LogP contribution is 1.70. The molecular formula is C5H10N2O3S. The van der Waals surface area contributed by atoms with Crippen molar-refractivity contribution in [3.8, 4) is 0 Å². The summed E-state index contributed by atoms with van der Waals surface area (Å²) in [5, 5.41) is 2.24. The van der Waals surface area contributed by atoms with E-state index in [1.807, 2.05) is 0 Å². The summed E-state index contributed by atoms with van der Waals surface area (Å²) < 4.78 is 22.9. The van der Waals surface area contributed by atoms with Crippen molar-refractivity contribution in [1.29, 1.82) is 0 Å². The van der Waals surface area contributed by atoms with Crippen molar-refractivity contribution in [1.82, 2.24) is 10.0 Å². The van der Waals surface area contributed by atoms with Crippen molar-refractivity contribution < 1.29 is 13.2 Å². The molecule has 0 bridgehead atoms. The van der Waals surface area contributed by atoms with Crippen molar-refractivity contribution in [2.75, 3.05) is 12.9 Å². The third kappa shape index (κ3) is 7.01. The molecule has 0 saturated carbocycles. The minimum atomic E-state index is -3.23. The predicted molar refractivity (Wildman–Crippen MR) is 41.2 cm³/mol. The van der Waals surface area contributed by atoms with Gasteiger partial charge in [0, 0.05) is 0 Å². The Morgan fingerprint density at radius 3 is 2.55 bits per heavy atom. The van der Waals surface area contributed by atoms with Gasteiger partial charge in [0.1, 0.15) is 0 Å². The summed E-state index contributed by atoms with van der Waals surface area (Å²) in [6.45, 7) is 3.08. The zero-order valence-electron chi connectivity index (χ0n) is 6.12. The van der Waals surface area contributed by atoms with Crippen molar-refractivity contribution in [3.05, 3.63) is 12.7 Å². The molecule has 0 heterocycles. The van der Waals surface area contributed by atoms with Crippen LogP contribution in [-0.2, 0) is 14.8 Å². The summed E-state index contributed by atoms with van der Waals surface area (Å²) >= 11 is 0. The monoisotopic (exact) mass is 178 g/mol. The van der Waals surface area contributed by atoms with Gasteiger partial charge < -0.3 is 5.32 Å². The van der Waals surface area contributed by atoms with Crippen LogP contribution in [0.25, 0.3) is 0 Å². The van der Waals surface area contributed by atoms with E-state index in [-0.39, 0.29) is 6.67 Å². The van der Waals surface area contributed by atoms with Crippen LogP contribution < -0.4 is 10.0 Å². The Balaban J connectivity index is 3.59. The summed E-state index contributed by atoms with van der Waals surface area (Å²) in [6, 6.07) is 0. The topological polar surface area (TPSA) is 75.3 Å². The summed E-state index contributed by atoms with van der Waals surface area (Å²) in [4.78, 5) is 10.4. The molecular weight excluding hydrogens is 168 g/mol. The molecule has 0 rings (SSSR count). The summed E-state index contributed by atoms with van der Waals surface area (Å²) in [5.74, 6) is -0.416. The minimum Gasteiger partial charge on any atom is -0.339 e. The number of sulfonamides is 1. The summed E-state index contributed by atoms with van der Waals surface area (Å²) in [5.41, 5.74) is 0. The molecule has 5 nitrogen and oxygen atoms in total. The van der Waals surface area contributed by atoms with Crippen molar-refractivity contribution in [2.24, 2.45) is 0 Å². The summed E-state index contributed by atoms with van der Waals surface area (Å²) in [7, 11) is -3.23. The molecule has 0 aromatic carbocycles. The molecule has 0 aliphatic carbocycles. The molecule has 1 amide bonds. The quantitative estimate of drug-likeness (QED) is 0.419. The number of carbonyl (C=O) groups is 1. The van der Waals surface area contributed by atoms with E-state index < -0.39 is 15.9 Å². The molecule has 0 atom stereocenters. The van der Waals surface area contributed by atoms with Gasteiger partial charge in [-0.25, -0.2) is 8.42 Å². The van der Waals surface area contributed by atoms with Gasteiger partial charge in [-0.2, -0.15) is 4.72 Å². The van der Waals surface area contributed by atoms with Gasteiger partial charge >= 0.3 is 0 Å². The van der Waals surface area contributed by atoms with E-state index in [1.165, 1.54) is 0 Å². The molecule has 0 aromatic rings. The number of hydrogen-bond donors (Lipinski definition) is 2. The standard InChI is InChI=1S/C5H10N2O3S/c1-3-5(8)6-4-7-11(2,9)10/h3,7H,1,4H2,2H3,(H,6,8). The lowest BCUT2D eigenvalue weighted by molar-refractivity contribution is -0.116. The Morgan fingerprint density at radius 1 is 1.64 bits per heavy atom. The Morgan fingerprint density at radius 2 is 2.18 bits per heavy atom. The molecule has 11 heavy (non-hydrogen) atoms. The third-order valence-electron chi connectivity index (χ3n) is 0.782. The van der Waals surface area contributed by atoms with E-state index in [0.717, 1.165) is 12.3 Å². The van der Waals surface area contributed by atoms with Crippen LogP contribution >= 0.6 is 0 Å². The maximum Gasteiger partial charge on any atom is 0.244 e. The maximum absolute atomic E-state index is 10.4. The van der Waals surface area contributed by atoms with Crippen LogP contribution in [0.15, 0.2) is 12.7 Å². The molecule has 0 aliphatic rings. The minimum absolute atomic E-state index is 0.107. The van der Waals surface area contributed by atoms with E-state index in [4.69, 9.17) is 0 Å². The van der Waals surface area contributed by atoms with Gasteiger partial charge in [-0.05, 0) is 6.08 Å². The van der Waals surface area contributed by atoms with E-state index in [9.17, 15) is 13.2 Å². The molecule has 0 spiro atoms. The van der Waals surface area contributed by atoms with Crippen LogP contribution in [0, 0.1) is 0 Å². The summed E-state index contributed by atoms with van der Waals surface area (Å²) in [6.07, 6.45) is 2.07. The van der Waals surface area contributed by atoms with Crippen LogP contribution in [0.3, 0.4) is 0 Å². The lowest BCUT2D eigenvalue weighted by Gasteiger charge is -2.01. The first-order valence-corrected chi connectivity index (χ1v) is 4.70. The predicted octanol–water partition coefficient (Wildman–Crippen LogP) is -1.20. The molecule has 2 N–H and O–H groups in total. The number of rotatable bonds is 4. The molecule has 0 fully saturated rings. The van der Waals surface area contributed by atoms with Crippen molar-refractivity contribution in [3.63, 3.8) is 0 Å². The van der Waals surface area contributed by atoms with Crippen LogP contribution in [-0.4, -0.2) is 27.2 Å². The normalized spacial score (nSPS) is 10.6. The third-order valence-corrected chi connectivity index (χ3v) is 1.45. The lowest BCUT2D eigenvalue weighted by Crippen LogP contribution is -2.35. The van der Waals surface area contributed by atoms with Crippen molar-refractivity contribution in [2.45, 2.75) is 0 Å². The fourth-order valence-electron chi connectivity index (χ4n) is 0.326. The van der Waals surface area contributed by atoms with Crippen molar-refractivity contribution >= 4 is 15.9 Å². The number of nitrogens with one attached hydrogen (secondary N) is 2. The van der Waals surface area contributed by atoms with Crippen LogP contribution in [0.2, 0.25) is 0 Å². The Bertz CT molecular complexity index is 244. The molecule has 0 aliphatic heterocycles. The van der Waals surface area contributed by atoms with Crippen LogP contribution in [0.5, 0.6) is 0 Å². The van der Waals surface area contributed by atoms with Gasteiger partial charge in [-0.1, -0.05) is 6.58 Å². The highest BCUT2D eigenvalue weighted by Gasteiger charge is 1.98. The molecule has 64 valence electrons. The maximum atomic E-state index is 10.4. The lowest BCUT2D eigenvalue weighted by atomic mass is 10.6. The Kier molecular flexibility index (Phi) is 3.77. The van der Waals surface area contributed by atoms with E-state index in [1.54, 1.807) is 0 Å². The Labute approximate surface area is 65.5 Å². The van der Waals surface area contributed by atoms with E-state index >= 15 is 0 Å². The average Bonchev–Trinajstić information content (AvgIpc) is 1.85. The first-order valence-electron chi connectivity index (χ1n) is 2.80. The van der Waals surface area contributed by atoms with Crippen LogP contribution in [0.4, 0.5) is 0 Å². The second-order valence-electron chi connectivity index (χ2n) is 1.84. The van der Waals surface area contributed by atoms with Gasteiger partial charge in [0.25, 0.3) is 0 Å². The fourth-order valence-corrected chi connectivity index (χ4v) is 0.661. The number of hydrogen-bond acceptors (Lipinski definition) is 3. The zero-order valence-corrected chi connectivity index (χ0v) is 6.94. The highest BCUT2D eigenvalue weighted by molar-refractivity contribution is 7.88. The second kappa shape index (κ2) is 4.09. The smallest absolute Gasteiger partial charge is 0.244 e. The highest BCUT2D eigenvalue weighted by atomic mass is 32.2. The second-order valence-corrected chi connectivity index (χ2v) is 3.67. The largest absolute Gasteiger partial charge is 0.339 e. The van der Waals surface area contributed by atoms with Gasteiger partial charge in [0.15, 0.2) is 0 Å². The van der Waals surface area contributed by atoms with E-state index in [2.05, 4.69) is 16.6 Å². The van der Waals surface area contributed by atoms with Gasteiger partial charge in [0.2, 0.25) is 15.9 Å².